The van der Waals surface area contributed by atoms with Crippen LogP contribution in [0.3, 0.4) is 0 Å². The molecule has 7 heteroatoms. The van der Waals surface area contributed by atoms with Gasteiger partial charge < -0.3 is 20.1 Å². The van der Waals surface area contributed by atoms with Crippen molar-refractivity contribution in [1.82, 2.24) is 15.6 Å². The number of pyridine rings is 1. The van der Waals surface area contributed by atoms with Gasteiger partial charge in [0.05, 0.1) is 6.54 Å². The van der Waals surface area contributed by atoms with E-state index in [9.17, 15) is 0 Å². The van der Waals surface area contributed by atoms with Crippen molar-refractivity contribution in [3.63, 3.8) is 0 Å². The number of guanidine groups is 1. The first kappa shape index (κ1) is 20.7. The van der Waals surface area contributed by atoms with Gasteiger partial charge in [0.1, 0.15) is 19.0 Å². The van der Waals surface area contributed by atoms with Gasteiger partial charge in [-0.15, -0.1) is 11.3 Å². The predicted octanol–water partition coefficient (Wildman–Crippen LogP) is 3.77. The van der Waals surface area contributed by atoms with Crippen molar-refractivity contribution in [2.75, 3.05) is 20.3 Å². The summed E-state index contributed by atoms with van der Waals surface area (Å²) in [5.74, 6) is 2.18. The number of aliphatic imine (C=N–C) groups is 1. The Labute approximate surface area is 175 Å². The molecular weight excluding hydrogens is 384 g/mol. The number of nitrogens with one attached hydrogen (secondary N) is 2. The highest BCUT2D eigenvalue weighted by Crippen LogP contribution is 2.14. The van der Waals surface area contributed by atoms with Crippen LogP contribution in [0, 0.1) is 6.92 Å². The van der Waals surface area contributed by atoms with Crippen LogP contribution >= 0.6 is 11.3 Å². The van der Waals surface area contributed by atoms with Gasteiger partial charge in [-0.3, -0.25) is 4.99 Å². The second-order valence-electron chi connectivity index (χ2n) is 6.31. The number of hydrogen-bond donors (Lipinski definition) is 2. The molecule has 0 aliphatic carbocycles. The van der Waals surface area contributed by atoms with Crippen molar-refractivity contribution in [2.24, 2.45) is 4.99 Å². The molecule has 3 aromatic rings. The van der Waals surface area contributed by atoms with Gasteiger partial charge in [0.15, 0.2) is 5.96 Å². The Hall–Kier alpha value is -3.06. The number of thiophene rings is 1. The Kier molecular flexibility index (Phi) is 7.89. The maximum atomic E-state index is 5.63. The number of nitrogens with zero attached hydrogens (tertiary/aromatic N) is 2. The van der Waals surface area contributed by atoms with E-state index in [1.54, 1.807) is 24.6 Å². The molecule has 0 saturated heterocycles. The number of ether oxygens (including phenoxy) is 2. The topological polar surface area (TPSA) is 67.8 Å². The molecule has 0 bridgehead atoms. The zero-order chi connectivity index (χ0) is 20.3. The van der Waals surface area contributed by atoms with Crippen molar-refractivity contribution in [1.29, 1.82) is 0 Å². The molecule has 0 fully saturated rings. The third-order valence-corrected chi connectivity index (χ3v) is 5.05. The van der Waals surface area contributed by atoms with Crippen LogP contribution in [0.2, 0.25) is 0 Å². The molecule has 0 spiro atoms. The first-order chi connectivity index (χ1) is 14.2. The van der Waals surface area contributed by atoms with Crippen molar-refractivity contribution in [2.45, 2.75) is 20.0 Å². The molecule has 0 saturated carbocycles. The first-order valence-corrected chi connectivity index (χ1v) is 10.3. The highest BCUT2D eigenvalue weighted by molar-refractivity contribution is 7.11. The Morgan fingerprint density at radius 2 is 1.76 bits per heavy atom. The van der Waals surface area contributed by atoms with Crippen molar-refractivity contribution in [3.05, 3.63) is 76.1 Å². The van der Waals surface area contributed by atoms with Gasteiger partial charge in [-0.1, -0.05) is 24.3 Å². The molecule has 0 unspecified atom stereocenters. The van der Waals surface area contributed by atoms with Gasteiger partial charge in [-0.2, -0.15) is 0 Å². The molecule has 29 heavy (non-hydrogen) atoms. The van der Waals surface area contributed by atoms with E-state index in [1.807, 2.05) is 42.5 Å². The monoisotopic (exact) mass is 410 g/mol. The summed E-state index contributed by atoms with van der Waals surface area (Å²) in [6.07, 6.45) is 1.80. The molecule has 1 aromatic carbocycles. The number of para-hydroxylation sites is 1. The van der Waals surface area contributed by atoms with Gasteiger partial charge in [0.2, 0.25) is 5.88 Å². The fraction of sp³-hybridized carbons (Fsp3) is 0.273. The normalized spacial score (nSPS) is 11.2. The second-order valence-corrected chi connectivity index (χ2v) is 7.68. The van der Waals surface area contributed by atoms with E-state index in [2.05, 4.69) is 39.7 Å². The number of benzene rings is 1. The Morgan fingerprint density at radius 3 is 2.45 bits per heavy atom. The molecule has 0 aliphatic rings. The minimum Gasteiger partial charge on any atom is -0.490 e. The van der Waals surface area contributed by atoms with Crippen molar-refractivity contribution < 1.29 is 9.47 Å². The maximum absolute atomic E-state index is 5.63. The lowest BCUT2D eigenvalue weighted by Crippen LogP contribution is -2.36. The number of aryl methyl sites for hydroxylation is 1. The molecule has 0 radical (unpaired) electrons. The summed E-state index contributed by atoms with van der Waals surface area (Å²) in [6.45, 7) is 4.42. The summed E-state index contributed by atoms with van der Waals surface area (Å²) >= 11 is 1.78. The Morgan fingerprint density at radius 1 is 0.966 bits per heavy atom. The van der Waals surface area contributed by atoms with Crippen LogP contribution in [0.5, 0.6) is 11.6 Å². The van der Waals surface area contributed by atoms with E-state index in [0.717, 1.165) is 23.8 Å². The lowest BCUT2D eigenvalue weighted by atomic mass is 10.3. The van der Waals surface area contributed by atoms with E-state index < -0.39 is 0 Å². The molecule has 2 aromatic heterocycles. The summed E-state index contributed by atoms with van der Waals surface area (Å²) in [5, 5.41) is 6.61. The van der Waals surface area contributed by atoms with Crippen LogP contribution in [0.1, 0.15) is 15.3 Å². The van der Waals surface area contributed by atoms with Crippen molar-refractivity contribution in [3.8, 4) is 11.6 Å². The fourth-order valence-electron chi connectivity index (χ4n) is 2.58. The molecule has 6 nitrogen and oxygen atoms in total. The molecule has 0 atom stereocenters. The maximum Gasteiger partial charge on any atom is 0.213 e. The minimum atomic E-state index is 0.443. The SMILES string of the molecule is CN=C(NCc1ccc(OCCOc2ccccc2)nc1)NCc1ccc(C)s1. The molecule has 2 heterocycles. The third kappa shape index (κ3) is 7.12. The molecular formula is C22H26N4O2S. The largest absolute Gasteiger partial charge is 0.490 e. The number of rotatable bonds is 9. The zero-order valence-corrected chi connectivity index (χ0v) is 17.5. The van der Waals surface area contributed by atoms with Crippen LogP contribution in [-0.2, 0) is 13.1 Å². The minimum absolute atomic E-state index is 0.443. The highest BCUT2D eigenvalue weighted by Gasteiger charge is 2.02. The van der Waals surface area contributed by atoms with Crippen LogP contribution in [0.25, 0.3) is 0 Å². The molecule has 0 aliphatic heterocycles. The van der Waals surface area contributed by atoms with Crippen molar-refractivity contribution >= 4 is 17.3 Å². The Balaban J connectivity index is 1.36. The highest BCUT2D eigenvalue weighted by atomic mass is 32.1. The third-order valence-electron chi connectivity index (χ3n) is 4.05. The standard InChI is InChI=1S/C22H26N4O2S/c1-17-8-10-20(29-17)16-26-22(23-2)25-15-18-9-11-21(24-14-18)28-13-12-27-19-6-4-3-5-7-19/h3-11,14H,12-13,15-16H2,1-2H3,(H2,23,25,26). The van der Waals surface area contributed by atoms with E-state index >= 15 is 0 Å². The van der Waals surface area contributed by atoms with Crippen LogP contribution in [0.4, 0.5) is 0 Å². The molecule has 0 amide bonds. The summed E-state index contributed by atoms with van der Waals surface area (Å²) in [7, 11) is 1.77. The summed E-state index contributed by atoms with van der Waals surface area (Å²) in [6, 6.07) is 17.8. The van der Waals surface area contributed by atoms with Gasteiger partial charge in [0, 0.05) is 35.6 Å². The van der Waals surface area contributed by atoms with Crippen LogP contribution in [0.15, 0.2) is 65.8 Å². The average molecular weight is 411 g/mol. The van der Waals surface area contributed by atoms with E-state index in [1.165, 1.54) is 9.75 Å². The van der Waals surface area contributed by atoms with Gasteiger partial charge in [-0.05, 0) is 36.8 Å². The van der Waals surface area contributed by atoms with E-state index in [0.29, 0.717) is 25.6 Å². The Bertz CT molecular complexity index is 895. The zero-order valence-electron chi connectivity index (χ0n) is 16.7. The predicted molar refractivity (Wildman–Crippen MR) is 118 cm³/mol. The lowest BCUT2D eigenvalue weighted by molar-refractivity contribution is 0.212. The second kappa shape index (κ2) is 11.1. The van der Waals surface area contributed by atoms with Gasteiger partial charge >= 0.3 is 0 Å². The number of hydrogen-bond acceptors (Lipinski definition) is 5. The fourth-order valence-corrected chi connectivity index (χ4v) is 3.41. The van der Waals surface area contributed by atoms with Gasteiger partial charge in [-0.25, -0.2) is 4.98 Å². The summed E-state index contributed by atoms with van der Waals surface area (Å²) < 4.78 is 11.2. The smallest absolute Gasteiger partial charge is 0.213 e. The van der Waals surface area contributed by atoms with Gasteiger partial charge in [0.25, 0.3) is 0 Å². The molecule has 3 rings (SSSR count). The number of aromatic nitrogens is 1. The molecule has 152 valence electrons. The summed E-state index contributed by atoms with van der Waals surface area (Å²) in [5.41, 5.74) is 1.05. The quantitative estimate of drug-likeness (QED) is 0.319. The van der Waals surface area contributed by atoms with E-state index in [4.69, 9.17) is 9.47 Å². The average Bonchev–Trinajstić information content (AvgIpc) is 3.18. The summed E-state index contributed by atoms with van der Waals surface area (Å²) in [4.78, 5) is 11.2. The van der Waals surface area contributed by atoms with Crippen LogP contribution in [-0.4, -0.2) is 31.2 Å². The first-order valence-electron chi connectivity index (χ1n) is 9.48. The lowest BCUT2D eigenvalue weighted by Gasteiger charge is -2.11. The van der Waals surface area contributed by atoms with Crippen LogP contribution < -0.4 is 20.1 Å². The molecule has 2 N–H and O–H groups in total. The van der Waals surface area contributed by atoms with E-state index in [-0.39, 0.29) is 0 Å².